The Morgan fingerprint density at radius 2 is 2.21 bits per heavy atom. The summed E-state index contributed by atoms with van der Waals surface area (Å²) in [5.41, 5.74) is 4.83. The lowest BCUT2D eigenvalue weighted by Crippen LogP contribution is -2.48. The number of hydrogen-bond acceptors (Lipinski definition) is 4. The van der Waals surface area contributed by atoms with Crippen LogP contribution < -0.4 is 10.6 Å². The van der Waals surface area contributed by atoms with Crippen LogP contribution in [-0.2, 0) is 4.79 Å². The Morgan fingerprint density at radius 3 is 2.84 bits per heavy atom. The molecule has 19 heavy (non-hydrogen) atoms. The number of rotatable bonds is 3. The molecule has 0 aliphatic carbocycles. The minimum Gasteiger partial charge on any atom is -0.368 e. The third-order valence-electron chi connectivity index (χ3n) is 3.29. The van der Waals surface area contributed by atoms with Crippen LogP contribution in [0.5, 0.6) is 0 Å². The Kier molecular flexibility index (Phi) is 3.64. The zero-order chi connectivity index (χ0) is 14.0. The number of primary amides is 1. The first-order chi connectivity index (χ1) is 9.02. The van der Waals surface area contributed by atoms with Gasteiger partial charge in [-0.2, -0.15) is 4.39 Å². The molecule has 1 aromatic rings. The first-order valence-electron chi connectivity index (χ1n) is 6.01. The lowest BCUT2D eigenvalue weighted by Gasteiger charge is -2.35. The summed E-state index contributed by atoms with van der Waals surface area (Å²) in [6, 6.07) is 3.26. The van der Waals surface area contributed by atoms with Gasteiger partial charge in [0.2, 0.25) is 11.7 Å². The fourth-order valence-corrected chi connectivity index (χ4v) is 2.43. The van der Waals surface area contributed by atoms with E-state index in [1.54, 1.807) is 0 Å². The van der Waals surface area contributed by atoms with Crippen molar-refractivity contribution >= 4 is 17.3 Å². The average molecular weight is 267 g/mol. The van der Waals surface area contributed by atoms with Crippen molar-refractivity contribution in [2.24, 2.45) is 5.73 Å². The Labute approximate surface area is 109 Å². The van der Waals surface area contributed by atoms with Crippen molar-refractivity contribution in [3.8, 4) is 0 Å². The molecule has 1 saturated heterocycles. The number of carbonyl (C=O) groups is 1. The summed E-state index contributed by atoms with van der Waals surface area (Å²) in [4.78, 5) is 23.2. The molecule has 102 valence electrons. The molecule has 7 heteroatoms. The van der Waals surface area contributed by atoms with Gasteiger partial charge in [0.1, 0.15) is 11.7 Å². The van der Waals surface area contributed by atoms with E-state index in [0.29, 0.717) is 13.0 Å². The number of hydrogen-bond donors (Lipinski definition) is 1. The van der Waals surface area contributed by atoms with Gasteiger partial charge in [-0.15, -0.1) is 0 Å². The van der Waals surface area contributed by atoms with E-state index in [2.05, 4.69) is 0 Å². The molecule has 2 N–H and O–H groups in total. The number of para-hydroxylation sites is 1. The van der Waals surface area contributed by atoms with E-state index in [1.165, 1.54) is 17.0 Å². The van der Waals surface area contributed by atoms with Gasteiger partial charge in [0.05, 0.1) is 4.92 Å². The lowest BCUT2D eigenvalue weighted by atomic mass is 10.00. The number of carbonyl (C=O) groups excluding carboxylic acids is 1. The van der Waals surface area contributed by atoms with E-state index < -0.39 is 28.4 Å². The smallest absolute Gasteiger partial charge is 0.327 e. The molecule has 1 unspecified atom stereocenters. The first kappa shape index (κ1) is 13.3. The summed E-state index contributed by atoms with van der Waals surface area (Å²) in [6.45, 7) is 0.456. The topological polar surface area (TPSA) is 89.5 Å². The molecule has 0 bridgehead atoms. The SMILES string of the molecule is NC(=O)C1CCCCN1c1cccc(F)c1[N+](=O)[O-]. The van der Waals surface area contributed by atoms with Crippen LogP contribution in [0.2, 0.25) is 0 Å². The number of benzene rings is 1. The fourth-order valence-electron chi connectivity index (χ4n) is 2.43. The van der Waals surface area contributed by atoms with E-state index in [-0.39, 0.29) is 5.69 Å². The summed E-state index contributed by atoms with van der Waals surface area (Å²) in [5.74, 6) is -1.45. The van der Waals surface area contributed by atoms with E-state index in [1.807, 2.05) is 0 Å². The maximum atomic E-state index is 13.6. The molecule has 1 aromatic carbocycles. The Morgan fingerprint density at radius 1 is 1.47 bits per heavy atom. The largest absolute Gasteiger partial charge is 0.368 e. The quantitative estimate of drug-likeness (QED) is 0.665. The van der Waals surface area contributed by atoms with Gasteiger partial charge in [0, 0.05) is 6.54 Å². The maximum Gasteiger partial charge on any atom is 0.327 e. The second kappa shape index (κ2) is 5.21. The van der Waals surface area contributed by atoms with E-state index in [4.69, 9.17) is 5.73 Å². The molecule has 1 amide bonds. The zero-order valence-electron chi connectivity index (χ0n) is 10.2. The predicted octanol–water partition coefficient (Wildman–Crippen LogP) is 1.58. The highest BCUT2D eigenvalue weighted by Crippen LogP contribution is 2.34. The molecule has 1 atom stereocenters. The third kappa shape index (κ3) is 2.49. The van der Waals surface area contributed by atoms with Crippen LogP contribution in [0.1, 0.15) is 19.3 Å². The zero-order valence-corrected chi connectivity index (χ0v) is 10.2. The van der Waals surface area contributed by atoms with Gasteiger partial charge in [0.25, 0.3) is 0 Å². The molecule has 0 radical (unpaired) electrons. The minimum absolute atomic E-state index is 0.119. The van der Waals surface area contributed by atoms with Crippen molar-refractivity contribution in [3.05, 3.63) is 34.1 Å². The number of nitrogens with zero attached hydrogens (tertiary/aromatic N) is 2. The number of amides is 1. The number of nitro groups is 1. The number of nitro benzene ring substituents is 1. The monoisotopic (exact) mass is 267 g/mol. The average Bonchev–Trinajstić information content (AvgIpc) is 2.37. The van der Waals surface area contributed by atoms with Gasteiger partial charge in [-0.1, -0.05) is 6.07 Å². The van der Waals surface area contributed by atoms with Crippen LogP contribution >= 0.6 is 0 Å². The van der Waals surface area contributed by atoms with Crippen LogP contribution in [0.15, 0.2) is 18.2 Å². The summed E-state index contributed by atoms with van der Waals surface area (Å²) >= 11 is 0. The molecule has 2 rings (SSSR count). The standard InChI is InChI=1S/C12H14FN3O3/c13-8-4-3-6-9(11(8)16(18)19)15-7-2-1-5-10(15)12(14)17/h3-4,6,10H,1-2,5,7H2,(H2,14,17). The molecule has 0 aromatic heterocycles. The van der Waals surface area contributed by atoms with E-state index in [0.717, 1.165) is 18.9 Å². The highest BCUT2D eigenvalue weighted by molar-refractivity contribution is 5.85. The highest BCUT2D eigenvalue weighted by atomic mass is 19.1. The van der Waals surface area contributed by atoms with Crippen LogP contribution in [-0.4, -0.2) is 23.4 Å². The van der Waals surface area contributed by atoms with Crippen LogP contribution in [0.25, 0.3) is 0 Å². The molecule has 1 fully saturated rings. The second-order valence-electron chi connectivity index (χ2n) is 4.47. The van der Waals surface area contributed by atoms with Crippen molar-refractivity contribution in [1.29, 1.82) is 0 Å². The van der Waals surface area contributed by atoms with Crippen molar-refractivity contribution in [2.45, 2.75) is 25.3 Å². The van der Waals surface area contributed by atoms with Crippen LogP contribution in [0.4, 0.5) is 15.8 Å². The number of nitrogens with two attached hydrogens (primary N) is 1. The van der Waals surface area contributed by atoms with Crippen LogP contribution in [0, 0.1) is 15.9 Å². The molecular formula is C12H14FN3O3. The van der Waals surface area contributed by atoms with Gasteiger partial charge >= 0.3 is 5.69 Å². The Bertz CT molecular complexity index is 521. The molecule has 1 aliphatic heterocycles. The van der Waals surface area contributed by atoms with Crippen molar-refractivity contribution < 1.29 is 14.1 Å². The van der Waals surface area contributed by atoms with Gasteiger partial charge in [0.15, 0.2) is 0 Å². The minimum atomic E-state index is -0.906. The van der Waals surface area contributed by atoms with Gasteiger partial charge < -0.3 is 10.6 Å². The van der Waals surface area contributed by atoms with Crippen molar-refractivity contribution in [3.63, 3.8) is 0 Å². The molecule has 0 saturated carbocycles. The van der Waals surface area contributed by atoms with E-state index >= 15 is 0 Å². The molecular weight excluding hydrogens is 253 g/mol. The summed E-state index contributed by atoms with van der Waals surface area (Å²) in [7, 11) is 0. The number of halogens is 1. The van der Waals surface area contributed by atoms with Crippen LogP contribution in [0.3, 0.4) is 0 Å². The lowest BCUT2D eigenvalue weighted by molar-refractivity contribution is -0.386. The molecule has 0 spiro atoms. The maximum absolute atomic E-state index is 13.6. The third-order valence-corrected chi connectivity index (χ3v) is 3.29. The fraction of sp³-hybridized carbons (Fsp3) is 0.417. The molecule has 1 aliphatic rings. The number of piperidine rings is 1. The van der Waals surface area contributed by atoms with Gasteiger partial charge in [-0.05, 0) is 31.4 Å². The normalized spacial score (nSPS) is 19.2. The van der Waals surface area contributed by atoms with Crippen molar-refractivity contribution in [1.82, 2.24) is 0 Å². The first-order valence-corrected chi connectivity index (χ1v) is 6.01. The Balaban J connectivity index is 2.47. The van der Waals surface area contributed by atoms with Crippen molar-refractivity contribution in [2.75, 3.05) is 11.4 Å². The summed E-state index contributed by atoms with van der Waals surface area (Å²) in [6.07, 6.45) is 2.15. The summed E-state index contributed by atoms with van der Waals surface area (Å²) in [5, 5.41) is 11.0. The summed E-state index contributed by atoms with van der Waals surface area (Å²) < 4.78 is 13.6. The van der Waals surface area contributed by atoms with Gasteiger partial charge in [-0.3, -0.25) is 14.9 Å². The molecule has 6 nitrogen and oxygen atoms in total. The second-order valence-corrected chi connectivity index (χ2v) is 4.47. The Hall–Kier alpha value is -2.18. The number of anilines is 1. The highest BCUT2D eigenvalue weighted by Gasteiger charge is 2.32. The van der Waals surface area contributed by atoms with E-state index in [9.17, 15) is 19.3 Å². The van der Waals surface area contributed by atoms with Gasteiger partial charge in [-0.25, -0.2) is 0 Å². The predicted molar refractivity (Wildman–Crippen MR) is 67.2 cm³/mol. The molecule has 1 heterocycles.